The number of ether oxygens (including phenoxy) is 2. The summed E-state index contributed by atoms with van der Waals surface area (Å²) < 4.78 is 24.7. The largest absolute Gasteiger partial charge is 0.490 e. The quantitative estimate of drug-likeness (QED) is 0.682. The molecular formula is C20H18FN3O3. The SMILES string of the molecule is COc1nccc(Nc2cc(NC(=O)c3ccccc3)ccc2F)c1OC. The molecule has 1 heterocycles. The van der Waals surface area contributed by atoms with Crippen molar-refractivity contribution in [3.8, 4) is 11.6 Å². The minimum atomic E-state index is -0.481. The van der Waals surface area contributed by atoms with E-state index in [9.17, 15) is 9.18 Å². The van der Waals surface area contributed by atoms with Gasteiger partial charge in [0.15, 0.2) is 0 Å². The molecule has 0 saturated heterocycles. The molecule has 27 heavy (non-hydrogen) atoms. The molecule has 0 bridgehead atoms. The summed E-state index contributed by atoms with van der Waals surface area (Å²) in [7, 11) is 2.94. The van der Waals surface area contributed by atoms with Crippen molar-refractivity contribution in [3.63, 3.8) is 0 Å². The van der Waals surface area contributed by atoms with Crippen molar-refractivity contribution in [3.05, 3.63) is 72.2 Å². The van der Waals surface area contributed by atoms with Gasteiger partial charge in [0.2, 0.25) is 5.75 Å². The maximum absolute atomic E-state index is 14.3. The molecule has 1 amide bonds. The Kier molecular flexibility index (Phi) is 5.51. The highest BCUT2D eigenvalue weighted by molar-refractivity contribution is 6.04. The van der Waals surface area contributed by atoms with Crippen molar-refractivity contribution in [2.24, 2.45) is 0 Å². The third-order valence-corrected chi connectivity index (χ3v) is 3.80. The fraction of sp³-hybridized carbons (Fsp3) is 0.100. The number of halogens is 1. The molecule has 0 unspecified atom stereocenters. The van der Waals surface area contributed by atoms with Gasteiger partial charge in [-0.15, -0.1) is 0 Å². The number of rotatable bonds is 6. The van der Waals surface area contributed by atoms with E-state index in [1.54, 1.807) is 30.3 Å². The lowest BCUT2D eigenvalue weighted by atomic mass is 10.2. The first kappa shape index (κ1) is 18.2. The Morgan fingerprint density at radius 1 is 1.00 bits per heavy atom. The normalized spacial score (nSPS) is 10.2. The molecule has 6 nitrogen and oxygen atoms in total. The second-order valence-electron chi connectivity index (χ2n) is 5.54. The van der Waals surface area contributed by atoms with Crippen molar-refractivity contribution in [2.45, 2.75) is 0 Å². The van der Waals surface area contributed by atoms with E-state index in [1.807, 2.05) is 6.07 Å². The Hall–Kier alpha value is -3.61. The highest BCUT2D eigenvalue weighted by Gasteiger charge is 2.14. The molecule has 0 aliphatic carbocycles. The number of hydrogen-bond acceptors (Lipinski definition) is 5. The van der Waals surface area contributed by atoms with Crippen LogP contribution in [0.3, 0.4) is 0 Å². The van der Waals surface area contributed by atoms with E-state index in [2.05, 4.69) is 15.6 Å². The average Bonchev–Trinajstić information content (AvgIpc) is 2.70. The monoisotopic (exact) mass is 367 g/mol. The summed E-state index contributed by atoms with van der Waals surface area (Å²) in [6.07, 6.45) is 1.52. The number of nitrogens with one attached hydrogen (secondary N) is 2. The van der Waals surface area contributed by atoms with Crippen LogP contribution in [-0.2, 0) is 0 Å². The molecular weight excluding hydrogens is 349 g/mol. The van der Waals surface area contributed by atoms with Gasteiger partial charge < -0.3 is 20.1 Å². The summed E-state index contributed by atoms with van der Waals surface area (Å²) in [6.45, 7) is 0. The van der Waals surface area contributed by atoms with Gasteiger partial charge in [-0.05, 0) is 36.4 Å². The van der Waals surface area contributed by atoms with Crippen molar-refractivity contribution >= 4 is 23.0 Å². The maximum Gasteiger partial charge on any atom is 0.258 e. The van der Waals surface area contributed by atoms with Gasteiger partial charge in [0.25, 0.3) is 11.8 Å². The van der Waals surface area contributed by atoms with Crippen LogP contribution in [0.5, 0.6) is 11.6 Å². The fourth-order valence-electron chi connectivity index (χ4n) is 2.51. The fourth-order valence-corrected chi connectivity index (χ4v) is 2.51. The second kappa shape index (κ2) is 8.18. The number of benzene rings is 2. The van der Waals surface area contributed by atoms with Gasteiger partial charge in [-0.2, -0.15) is 0 Å². The van der Waals surface area contributed by atoms with Gasteiger partial charge in [-0.3, -0.25) is 4.79 Å². The second-order valence-corrected chi connectivity index (χ2v) is 5.54. The van der Waals surface area contributed by atoms with E-state index in [0.717, 1.165) is 0 Å². The Morgan fingerprint density at radius 2 is 1.78 bits per heavy atom. The molecule has 0 aliphatic rings. The number of anilines is 3. The zero-order chi connectivity index (χ0) is 19.2. The molecule has 2 N–H and O–H groups in total. The van der Waals surface area contributed by atoms with Crippen LogP contribution in [0.15, 0.2) is 60.8 Å². The first-order valence-electron chi connectivity index (χ1n) is 8.12. The van der Waals surface area contributed by atoms with E-state index in [4.69, 9.17) is 9.47 Å². The van der Waals surface area contributed by atoms with Crippen LogP contribution in [0, 0.1) is 5.82 Å². The molecule has 138 valence electrons. The van der Waals surface area contributed by atoms with Crippen LogP contribution in [0.4, 0.5) is 21.5 Å². The number of carbonyl (C=O) groups excluding carboxylic acids is 1. The first-order valence-corrected chi connectivity index (χ1v) is 8.12. The third kappa shape index (κ3) is 4.14. The maximum atomic E-state index is 14.3. The van der Waals surface area contributed by atoms with Gasteiger partial charge in [-0.25, -0.2) is 9.37 Å². The Balaban J connectivity index is 1.85. The van der Waals surface area contributed by atoms with Crippen LogP contribution in [0.2, 0.25) is 0 Å². The summed E-state index contributed by atoms with van der Waals surface area (Å²) in [5, 5.41) is 5.70. The molecule has 7 heteroatoms. The summed E-state index contributed by atoms with van der Waals surface area (Å²) in [4.78, 5) is 16.3. The zero-order valence-corrected chi connectivity index (χ0v) is 14.8. The molecule has 3 aromatic rings. The standard InChI is InChI=1S/C20H18FN3O3/c1-26-18-16(10-11-22-20(18)27-2)24-17-12-14(8-9-15(17)21)23-19(25)13-6-4-3-5-7-13/h3-12H,1-2H3,(H,22,24)(H,23,25). The lowest BCUT2D eigenvalue weighted by molar-refractivity contribution is 0.102. The highest BCUT2D eigenvalue weighted by atomic mass is 19.1. The van der Waals surface area contributed by atoms with Crippen molar-refractivity contribution in [2.75, 3.05) is 24.9 Å². The van der Waals surface area contributed by atoms with Crippen molar-refractivity contribution < 1.29 is 18.7 Å². The minimum absolute atomic E-state index is 0.174. The Morgan fingerprint density at radius 3 is 2.48 bits per heavy atom. The Labute approximate surface area is 156 Å². The van der Waals surface area contributed by atoms with E-state index in [-0.39, 0.29) is 17.5 Å². The molecule has 0 aliphatic heterocycles. The van der Waals surface area contributed by atoms with Crippen LogP contribution in [0.25, 0.3) is 0 Å². The van der Waals surface area contributed by atoms with E-state index < -0.39 is 5.82 Å². The average molecular weight is 367 g/mol. The van der Waals surface area contributed by atoms with E-state index >= 15 is 0 Å². The van der Waals surface area contributed by atoms with Gasteiger partial charge in [0.05, 0.1) is 25.6 Å². The summed E-state index contributed by atoms with van der Waals surface area (Å²) >= 11 is 0. The lowest BCUT2D eigenvalue weighted by Gasteiger charge is -2.14. The van der Waals surface area contributed by atoms with Crippen LogP contribution in [-0.4, -0.2) is 25.1 Å². The van der Waals surface area contributed by atoms with E-state index in [1.165, 1.54) is 38.6 Å². The molecule has 1 aromatic heterocycles. The number of nitrogens with zero attached hydrogens (tertiary/aromatic N) is 1. The molecule has 3 rings (SSSR count). The van der Waals surface area contributed by atoms with Gasteiger partial charge in [0, 0.05) is 17.4 Å². The summed E-state index contributed by atoms with van der Waals surface area (Å²) in [5.74, 6) is -0.142. The molecule has 0 fully saturated rings. The molecule has 0 spiro atoms. The highest BCUT2D eigenvalue weighted by Crippen LogP contribution is 2.35. The summed E-state index contributed by atoms with van der Waals surface area (Å²) in [6, 6.07) is 14.7. The zero-order valence-electron chi connectivity index (χ0n) is 14.8. The molecule has 0 atom stereocenters. The van der Waals surface area contributed by atoms with Gasteiger partial charge in [0.1, 0.15) is 5.82 Å². The van der Waals surface area contributed by atoms with Crippen molar-refractivity contribution in [1.82, 2.24) is 4.98 Å². The van der Waals surface area contributed by atoms with Gasteiger partial charge in [-0.1, -0.05) is 18.2 Å². The topological polar surface area (TPSA) is 72.5 Å². The van der Waals surface area contributed by atoms with Gasteiger partial charge >= 0.3 is 0 Å². The van der Waals surface area contributed by atoms with E-state index in [0.29, 0.717) is 22.7 Å². The number of carbonyl (C=O) groups is 1. The summed E-state index contributed by atoms with van der Waals surface area (Å²) in [5.41, 5.74) is 1.62. The third-order valence-electron chi connectivity index (χ3n) is 3.80. The number of hydrogen-bond donors (Lipinski definition) is 2. The number of pyridine rings is 1. The van der Waals surface area contributed by atoms with Crippen LogP contribution >= 0.6 is 0 Å². The number of aromatic nitrogens is 1. The Bertz CT molecular complexity index is 948. The number of amides is 1. The minimum Gasteiger partial charge on any atom is -0.490 e. The predicted molar refractivity (Wildman–Crippen MR) is 101 cm³/mol. The molecule has 0 saturated carbocycles. The molecule has 0 radical (unpaired) electrons. The predicted octanol–water partition coefficient (Wildman–Crippen LogP) is 4.23. The van der Waals surface area contributed by atoms with Crippen molar-refractivity contribution in [1.29, 1.82) is 0 Å². The number of methoxy groups -OCH3 is 2. The lowest BCUT2D eigenvalue weighted by Crippen LogP contribution is -2.12. The van der Waals surface area contributed by atoms with Crippen LogP contribution < -0.4 is 20.1 Å². The molecule has 2 aromatic carbocycles. The first-order chi connectivity index (χ1) is 13.1. The smallest absolute Gasteiger partial charge is 0.258 e. The van der Waals surface area contributed by atoms with Crippen LogP contribution in [0.1, 0.15) is 10.4 Å².